The summed E-state index contributed by atoms with van der Waals surface area (Å²) in [6.07, 6.45) is 5.43. The van der Waals surface area contributed by atoms with Gasteiger partial charge in [0.2, 0.25) is 0 Å². The lowest BCUT2D eigenvalue weighted by Crippen LogP contribution is -2.34. The molecule has 0 unspecified atom stereocenters. The number of amides is 3. The van der Waals surface area contributed by atoms with Crippen molar-refractivity contribution in [1.29, 1.82) is 0 Å². The van der Waals surface area contributed by atoms with Crippen LogP contribution in [0.15, 0.2) is 48.5 Å². The van der Waals surface area contributed by atoms with E-state index in [9.17, 15) is 9.59 Å². The molecule has 6 heteroatoms. The Hall–Kier alpha value is -3.02. The third-order valence-corrected chi connectivity index (χ3v) is 5.66. The molecule has 0 aromatic heterocycles. The fraction of sp³-hybridized carbons (Fsp3) is 0.440. The summed E-state index contributed by atoms with van der Waals surface area (Å²) in [5, 5.41) is 8.83. The molecule has 1 atom stereocenters. The number of carbonyl (C=O) groups is 2. The maximum atomic E-state index is 13.3. The van der Waals surface area contributed by atoms with Crippen molar-refractivity contribution in [1.82, 2.24) is 10.6 Å². The summed E-state index contributed by atoms with van der Waals surface area (Å²) in [6, 6.07) is 15.2. The largest absolute Gasteiger partial charge is 0.371 e. The molecule has 1 fully saturated rings. The number of rotatable bonds is 8. The van der Waals surface area contributed by atoms with Gasteiger partial charge in [-0.15, -0.1) is 0 Å². The third-order valence-electron chi connectivity index (χ3n) is 5.66. The number of nitrogens with zero attached hydrogens (tertiary/aromatic N) is 1. The van der Waals surface area contributed by atoms with Crippen LogP contribution in [0.25, 0.3) is 0 Å². The Balaban J connectivity index is 1.79. The van der Waals surface area contributed by atoms with Crippen molar-refractivity contribution in [3.05, 3.63) is 59.7 Å². The van der Waals surface area contributed by atoms with E-state index < -0.39 is 0 Å². The van der Waals surface area contributed by atoms with Crippen molar-refractivity contribution in [2.24, 2.45) is 0 Å². The third kappa shape index (κ3) is 6.48. The zero-order chi connectivity index (χ0) is 22.1. The first-order valence-electron chi connectivity index (χ1n) is 11.4. The molecule has 0 saturated carbocycles. The quantitative estimate of drug-likeness (QED) is 0.519. The number of unbranched alkanes of at least 4 members (excludes halogenated alkanes) is 1. The van der Waals surface area contributed by atoms with Gasteiger partial charge < -0.3 is 20.9 Å². The number of hydrogen-bond donors (Lipinski definition) is 3. The predicted molar refractivity (Wildman–Crippen MR) is 127 cm³/mol. The van der Waals surface area contributed by atoms with E-state index in [0.29, 0.717) is 17.8 Å². The van der Waals surface area contributed by atoms with Gasteiger partial charge in [0.15, 0.2) is 0 Å². The van der Waals surface area contributed by atoms with Crippen molar-refractivity contribution in [3.8, 4) is 0 Å². The van der Waals surface area contributed by atoms with Gasteiger partial charge in [-0.2, -0.15) is 0 Å². The highest BCUT2D eigenvalue weighted by Gasteiger charge is 2.21. The van der Waals surface area contributed by atoms with Crippen molar-refractivity contribution in [3.63, 3.8) is 0 Å². The Labute approximate surface area is 185 Å². The van der Waals surface area contributed by atoms with Gasteiger partial charge in [-0.1, -0.05) is 43.7 Å². The highest BCUT2D eigenvalue weighted by molar-refractivity contribution is 6.02. The monoisotopic (exact) mass is 422 g/mol. The molecule has 3 N–H and O–H groups in total. The molecule has 166 valence electrons. The first-order chi connectivity index (χ1) is 15.1. The van der Waals surface area contributed by atoms with Crippen LogP contribution in [-0.2, 0) is 0 Å². The zero-order valence-electron chi connectivity index (χ0n) is 18.6. The number of nitrogens with one attached hydrogen (secondary N) is 3. The summed E-state index contributed by atoms with van der Waals surface area (Å²) in [4.78, 5) is 27.7. The molecule has 0 aliphatic carbocycles. The van der Waals surface area contributed by atoms with Gasteiger partial charge in [0.1, 0.15) is 0 Å². The molecule has 0 bridgehead atoms. The van der Waals surface area contributed by atoms with E-state index in [1.807, 2.05) is 49.4 Å². The summed E-state index contributed by atoms with van der Waals surface area (Å²) in [5.74, 6) is -0.132. The molecule has 2 aromatic carbocycles. The molecule has 0 radical (unpaired) electrons. The maximum absolute atomic E-state index is 13.3. The Morgan fingerprint density at radius 1 is 1.03 bits per heavy atom. The maximum Gasteiger partial charge on any atom is 0.319 e. The molecule has 1 saturated heterocycles. The summed E-state index contributed by atoms with van der Waals surface area (Å²) in [6.45, 7) is 6.59. The van der Waals surface area contributed by atoms with Gasteiger partial charge in [0.05, 0.1) is 11.6 Å². The standard InChI is InChI=1S/C25H34N4O2/c1-3-4-15-26-25(31)28-21-13-14-23(29-16-9-6-10-17-29)22(18-21)24(30)27-19(2)20-11-7-5-8-12-20/h5,7-8,11-14,18-19H,3-4,6,9-10,15-17H2,1-2H3,(H,27,30)(H2,26,28,31)/t19-/m1/s1. The average Bonchev–Trinajstić information content (AvgIpc) is 2.80. The SMILES string of the molecule is CCCCNC(=O)Nc1ccc(N2CCCCC2)c(C(=O)N[C@H](C)c2ccccc2)c1. The molecule has 3 amide bonds. The lowest BCUT2D eigenvalue weighted by molar-refractivity contribution is 0.0940. The van der Waals surface area contributed by atoms with Gasteiger partial charge in [0, 0.05) is 31.0 Å². The molecule has 6 nitrogen and oxygen atoms in total. The minimum atomic E-state index is -0.247. The number of piperidine rings is 1. The van der Waals surface area contributed by atoms with Gasteiger partial charge in [-0.3, -0.25) is 4.79 Å². The number of benzene rings is 2. The molecular weight excluding hydrogens is 388 g/mol. The lowest BCUT2D eigenvalue weighted by atomic mass is 10.0. The van der Waals surface area contributed by atoms with Gasteiger partial charge in [-0.05, 0) is 56.4 Å². The van der Waals surface area contributed by atoms with Crippen molar-refractivity contribution in [2.45, 2.75) is 52.0 Å². The van der Waals surface area contributed by atoms with Crippen LogP contribution in [0.2, 0.25) is 0 Å². The summed E-state index contributed by atoms with van der Waals surface area (Å²) >= 11 is 0. The molecule has 0 spiro atoms. The molecule has 2 aromatic rings. The topological polar surface area (TPSA) is 73.5 Å². The Bertz CT molecular complexity index is 863. The molecule has 1 aliphatic rings. The van der Waals surface area contributed by atoms with E-state index in [2.05, 4.69) is 27.8 Å². The van der Waals surface area contributed by atoms with E-state index >= 15 is 0 Å². The van der Waals surface area contributed by atoms with E-state index in [0.717, 1.165) is 50.0 Å². The molecular formula is C25H34N4O2. The highest BCUT2D eigenvalue weighted by atomic mass is 16.2. The van der Waals surface area contributed by atoms with Crippen molar-refractivity contribution < 1.29 is 9.59 Å². The van der Waals surface area contributed by atoms with Gasteiger partial charge in [-0.25, -0.2) is 4.79 Å². The fourth-order valence-electron chi connectivity index (χ4n) is 3.86. The van der Waals surface area contributed by atoms with Crippen LogP contribution >= 0.6 is 0 Å². The minimum Gasteiger partial charge on any atom is -0.371 e. The Kier molecular flexibility index (Phi) is 8.33. The van der Waals surface area contributed by atoms with Crippen LogP contribution in [-0.4, -0.2) is 31.6 Å². The normalized spacial score (nSPS) is 14.6. The average molecular weight is 423 g/mol. The zero-order valence-corrected chi connectivity index (χ0v) is 18.6. The molecule has 31 heavy (non-hydrogen) atoms. The van der Waals surface area contributed by atoms with Crippen molar-refractivity contribution in [2.75, 3.05) is 29.9 Å². The Morgan fingerprint density at radius 3 is 2.48 bits per heavy atom. The number of carbonyl (C=O) groups excluding carboxylic acids is 2. The summed E-state index contributed by atoms with van der Waals surface area (Å²) in [7, 11) is 0. The number of anilines is 2. The van der Waals surface area contributed by atoms with Crippen LogP contribution in [0.4, 0.5) is 16.2 Å². The highest BCUT2D eigenvalue weighted by Crippen LogP contribution is 2.28. The smallest absolute Gasteiger partial charge is 0.319 e. The predicted octanol–water partition coefficient (Wildman–Crippen LogP) is 5.09. The number of hydrogen-bond acceptors (Lipinski definition) is 3. The van der Waals surface area contributed by atoms with Crippen LogP contribution in [0.3, 0.4) is 0 Å². The van der Waals surface area contributed by atoms with E-state index in [4.69, 9.17) is 0 Å². The van der Waals surface area contributed by atoms with Crippen LogP contribution < -0.4 is 20.9 Å². The van der Waals surface area contributed by atoms with Crippen LogP contribution in [0.1, 0.15) is 67.9 Å². The first kappa shape index (κ1) is 22.7. The minimum absolute atomic E-state index is 0.114. The second kappa shape index (κ2) is 11.4. The number of urea groups is 1. The van der Waals surface area contributed by atoms with Crippen LogP contribution in [0, 0.1) is 0 Å². The molecule has 1 heterocycles. The van der Waals surface area contributed by atoms with E-state index in [1.165, 1.54) is 6.42 Å². The lowest BCUT2D eigenvalue weighted by Gasteiger charge is -2.31. The van der Waals surface area contributed by atoms with Crippen LogP contribution in [0.5, 0.6) is 0 Å². The second-order valence-corrected chi connectivity index (χ2v) is 8.12. The first-order valence-corrected chi connectivity index (χ1v) is 11.4. The van der Waals surface area contributed by atoms with E-state index in [1.54, 1.807) is 6.07 Å². The van der Waals surface area contributed by atoms with E-state index in [-0.39, 0.29) is 18.0 Å². The Morgan fingerprint density at radius 2 is 1.77 bits per heavy atom. The van der Waals surface area contributed by atoms with Crippen molar-refractivity contribution >= 4 is 23.3 Å². The van der Waals surface area contributed by atoms with Gasteiger partial charge in [0.25, 0.3) is 5.91 Å². The van der Waals surface area contributed by atoms with Gasteiger partial charge >= 0.3 is 6.03 Å². The second-order valence-electron chi connectivity index (χ2n) is 8.12. The fourth-order valence-corrected chi connectivity index (χ4v) is 3.86. The molecule has 3 rings (SSSR count). The summed E-state index contributed by atoms with van der Waals surface area (Å²) in [5.41, 5.74) is 3.19. The molecule has 1 aliphatic heterocycles. The summed E-state index contributed by atoms with van der Waals surface area (Å²) < 4.78 is 0.